The first-order valence-corrected chi connectivity index (χ1v) is 8.92. The molecule has 0 aliphatic rings. The lowest BCUT2D eigenvalue weighted by atomic mass is 10.1. The number of nitrogens with zero attached hydrogens (tertiary/aromatic N) is 2. The van der Waals surface area contributed by atoms with Crippen molar-refractivity contribution in [2.75, 3.05) is 5.32 Å². The summed E-state index contributed by atoms with van der Waals surface area (Å²) in [7, 11) is 0. The van der Waals surface area contributed by atoms with Crippen molar-refractivity contribution in [3.63, 3.8) is 0 Å². The topological polar surface area (TPSA) is 73.1 Å². The van der Waals surface area contributed by atoms with Crippen LogP contribution >= 0.6 is 0 Å². The van der Waals surface area contributed by atoms with Gasteiger partial charge in [0.15, 0.2) is 0 Å². The number of carbonyl (C=O) groups is 1. The quantitative estimate of drug-likeness (QED) is 0.708. The normalized spacial score (nSPS) is 11.6. The van der Waals surface area contributed by atoms with E-state index in [1.54, 1.807) is 19.1 Å². The Labute approximate surface area is 163 Å². The van der Waals surface area contributed by atoms with Crippen molar-refractivity contribution in [1.29, 1.82) is 0 Å². The molecule has 0 aliphatic heterocycles. The Hall–Kier alpha value is -3.36. The molecule has 1 amide bonds. The Kier molecular flexibility index (Phi) is 5.58. The largest absolute Gasteiger partial charge is 0.418 e. The first-order valence-electron chi connectivity index (χ1n) is 8.92. The molecule has 2 aromatic carbocycles. The molecule has 6 nitrogen and oxygen atoms in total. The highest BCUT2D eigenvalue weighted by atomic mass is 19.4. The molecule has 0 bridgehead atoms. The standard InChI is InChI=1S/C20H18F3N3O3/c1-2-11-25-18(28)13-7-3-6-10-16(13)26(19(25)29)12-17(27)24-15-9-5-4-8-14(15)20(21,22)23/h3-10H,2,11-12H2,1H3,(H,24,27). The molecule has 3 rings (SSSR count). The summed E-state index contributed by atoms with van der Waals surface area (Å²) >= 11 is 0. The molecule has 0 saturated heterocycles. The summed E-state index contributed by atoms with van der Waals surface area (Å²) in [4.78, 5) is 37.8. The summed E-state index contributed by atoms with van der Waals surface area (Å²) in [5.41, 5.74) is -2.29. The second-order valence-corrected chi connectivity index (χ2v) is 6.43. The number of para-hydroxylation sites is 2. The van der Waals surface area contributed by atoms with Crippen LogP contribution in [0.2, 0.25) is 0 Å². The first kappa shape index (κ1) is 20.4. The number of nitrogens with one attached hydrogen (secondary N) is 1. The molecule has 0 fully saturated rings. The van der Waals surface area contributed by atoms with Gasteiger partial charge in [0.05, 0.1) is 22.2 Å². The number of aromatic nitrogens is 2. The van der Waals surface area contributed by atoms with E-state index in [0.717, 1.165) is 21.3 Å². The van der Waals surface area contributed by atoms with E-state index in [0.29, 0.717) is 6.42 Å². The zero-order valence-electron chi connectivity index (χ0n) is 15.5. The van der Waals surface area contributed by atoms with Crippen LogP contribution in [-0.2, 0) is 24.1 Å². The van der Waals surface area contributed by atoms with Gasteiger partial charge in [-0.05, 0) is 30.7 Å². The second kappa shape index (κ2) is 7.94. The van der Waals surface area contributed by atoms with E-state index in [2.05, 4.69) is 5.32 Å². The van der Waals surface area contributed by atoms with Gasteiger partial charge in [0.1, 0.15) is 6.54 Å². The lowest BCUT2D eigenvalue weighted by Crippen LogP contribution is -2.41. The number of halogens is 3. The Morgan fingerprint density at radius 1 is 1.00 bits per heavy atom. The van der Waals surface area contributed by atoms with Gasteiger partial charge in [-0.2, -0.15) is 13.2 Å². The predicted molar refractivity (Wildman–Crippen MR) is 103 cm³/mol. The summed E-state index contributed by atoms with van der Waals surface area (Å²) in [5, 5.41) is 2.47. The number of carbonyl (C=O) groups excluding carboxylic acids is 1. The van der Waals surface area contributed by atoms with Crippen molar-refractivity contribution in [1.82, 2.24) is 9.13 Å². The van der Waals surface area contributed by atoms with E-state index in [4.69, 9.17) is 0 Å². The van der Waals surface area contributed by atoms with Crippen LogP contribution in [0.15, 0.2) is 58.1 Å². The van der Waals surface area contributed by atoms with Crippen molar-refractivity contribution in [3.8, 4) is 0 Å². The molecular weight excluding hydrogens is 387 g/mol. The highest BCUT2D eigenvalue weighted by molar-refractivity contribution is 5.92. The molecular formula is C20H18F3N3O3. The third-order valence-corrected chi connectivity index (χ3v) is 4.39. The molecule has 152 valence electrons. The molecule has 0 aliphatic carbocycles. The summed E-state index contributed by atoms with van der Waals surface area (Å²) in [6, 6.07) is 10.9. The van der Waals surface area contributed by atoms with Crippen LogP contribution in [0.25, 0.3) is 10.9 Å². The third kappa shape index (κ3) is 4.08. The van der Waals surface area contributed by atoms with Gasteiger partial charge in [-0.3, -0.25) is 18.7 Å². The zero-order chi connectivity index (χ0) is 21.2. The fourth-order valence-corrected chi connectivity index (χ4v) is 3.12. The summed E-state index contributed by atoms with van der Waals surface area (Å²) in [6.07, 6.45) is -4.11. The number of anilines is 1. The molecule has 1 aromatic heterocycles. The van der Waals surface area contributed by atoms with E-state index in [-0.39, 0.29) is 17.4 Å². The minimum absolute atomic E-state index is 0.168. The lowest BCUT2D eigenvalue weighted by Gasteiger charge is -2.16. The fourth-order valence-electron chi connectivity index (χ4n) is 3.12. The maximum atomic E-state index is 13.1. The number of fused-ring (bicyclic) bond motifs is 1. The van der Waals surface area contributed by atoms with Gasteiger partial charge in [0.25, 0.3) is 5.56 Å². The van der Waals surface area contributed by atoms with Crippen molar-refractivity contribution >= 4 is 22.5 Å². The van der Waals surface area contributed by atoms with Crippen LogP contribution in [0.4, 0.5) is 18.9 Å². The van der Waals surface area contributed by atoms with Crippen LogP contribution in [0.3, 0.4) is 0 Å². The molecule has 1 heterocycles. The third-order valence-electron chi connectivity index (χ3n) is 4.39. The van der Waals surface area contributed by atoms with E-state index in [1.807, 2.05) is 0 Å². The van der Waals surface area contributed by atoms with Crippen molar-refractivity contribution in [2.24, 2.45) is 0 Å². The molecule has 0 spiro atoms. The van der Waals surface area contributed by atoms with Gasteiger partial charge in [0, 0.05) is 6.54 Å². The number of alkyl halides is 3. The van der Waals surface area contributed by atoms with E-state index in [1.165, 1.54) is 24.3 Å². The predicted octanol–water partition coefficient (Wildman–Crippen LogP) is 3.23. The Morgan fingerprint density at radius 2 is 1.66 bits per heavy atom. The van der Waals surface area contributed by atoms with E-state index < -0.39 is 41.1 Å². The Balaban J connectivity index is 2.02. The van der Waals surface area contributed by atoms with Gasteiger partial charge >= 0.3 is 11.9 Å². The number of hydrogen-bond acceptors (Lipinski definition) is 3. The van der Waals surface area contributed by atoms with Crippen LogP contribution in [0.1, 0.15) is 18.9 Å². The van der Waals surface area contributed by atoms with Gasteiger partial charge in [-0.15, -0.1) is 0 Å². The lowest BCUT2D eigenvalue weighted by molar-refractivity contribution is -0.137. The Morgan fingerprint density at radius 3 is 2.34 bits per heavy atom. The van der Waals surface area contributed by atoms with Crippen molar-refractivity contribution < 1.29 is 18.0 Å². The minimum Gasteiger partial charge on any atom is -0.324 e. The maximum absolute atomic E-state index is 13.1. The van der Waals surface area contributed by atoms with E-state index in [9.17, 15) is 27.6 Å². The molecule has 1 N–H and O–H groups in total. The molecule has 0 radical (unpaired) electrons. The molecule has 3 aromatic rings. The van der Waals surface area contributed by atoms with Gasteiger partial charge in [-0.1, -0.05) is 31.2 Å². The van der Waals surface area contributed by atoms with Gasteiger partial charge in [0.2, 0.25) is 5.91 Å². The van der Waals surface area contributed by atoms with Gasteiger partial charge < -0.3 is 5.32 Å². The first-order chi connectivity index (χ1) is 13.7. The zero-order valence-corrected chi connectivity index (χ0v) is 15.5. The van der Waals surface area contributed by atoms with Crippen LogP contribution in [0, 0.1) is 0 Å². The van der Waals surface area contributed by atoms with E-state index >= 15 is 0 Å². The van der Waals surface area contributed by atoms with Crippen LogP contribution in [-0.4, -0.2) is 15.0 Å². The Bertz CT molecular complexity index is 1180. The minimum atomic E-state index is -4.64. The highest BCUT2D eigenvalue weighted by Crippen LogP contribution is 2.34. The highest BCUT2D eigenvalue weighted by Gasteiger charge is 2.33. The summed E-state index contributed by atoms with van der Waals surface area (Å²) in [5.74, 6) is -0.810. The van der Waals surface area contributed by atoms with Crippen molar-refractivity contribution in [3.05, 3.63) is 74.9 Å². The summed E-state index contributed by atoms with van der Waals surface area (Å²) in [6.45, 7) is 1.43. The van der Waals surface area contributed by atoms with Crippen LogP contribution in [0.5, 0.6) is 0 Å². The molecule has 0 saturated carbocycles. The fraction of sp³-hybridized carbons (Fsp3) is 0.250. The summed E-state index contributed by atoms with van der Waals surface area (Å²) < 4.78 is 41.5. The molecule has 29 heavy (non-hydrogen) atoms. The molecule has 9 heteroatoms. The smallest absolute Gasteiger partial charge is 0.324 e. The number of benzene rings is 2. The molecule has 0 unspecified atom stereocenters. The monoisotopic (exact) mass is 405 g/mol. The molecule has 0 atom stereocenters. The SMILES string of the molecule is CCCn1c(=O)c2ccccc2n(CC(=O)Nc2ccccc2C(F)(F)F)c1=O. The average Bonchev–Trinajstić information content (AvgIpc) is 2.68. The second-order valence-electron chi connectivity index (χ2n) is 6.43. The number of rotatable bonds is 5. The average molecular weight is 405 g/mol. The van der Waals surface area contributed by atoms with Crippen LogP contribution < -0.4 is 16.6 Å². The van der Waals surface area contributed by atoms with Crippen molar-refractivity contribution in [2.45, 2.75) is 32.6 Å². The number of hydrogen-bond donors (Lipinski definition) is 1. The maximum Gasteiger partial charge on any atom is 0.418 e. The number of amides is 1. The van der Waals surface area contributed by atoms with Gasteiger partial charge in [-0.25, -0.2) is 4.79 Å².